The van der Waals surface area contributed by atoms with Crippen LogP contribution in [-0.4, -0.2) is 27.4 Å². The van der Waals surface area contributed by atoms with Gasteiger partial charge in [0.25, 0.3) is 5.91 Å². The van der Waals surface area contributed by atoms with Gasteiger partial charge in [-0.25, -0.2) is 9.07 Å². The minimum Gasteiger partial charge on any atom is -0.350 e. The van der Waals surface area contributed by atoms with Crippen molar-refractivity contribution in [1.82, 2.24) is 20.3 Å². The second-order valence-electron chi connectivity index (χ2n) is 5.81. The number of nitrogens with zero attached hydrogens (tertiary/aromatic N) is 3. The quantitative estimate of drug-likeness (QED) is 0.643. The zero-order chi connectivity index (χ0) is 20.3. The van der Waals surface area contributed by atoms with Crippen molar-refractivity contribution < 1.29 is 22.4 Å². The maximum absolute atomic E-state index is 13.5. The van der Waals surface area contributed by atoms with E-state index in [1.54, 1.807) is 24.3 Å². The van der Waals surface area contributed by atoms with Crippen molar-refractivity contribution in [3.8, 4) is 5.69 Å². The number of hydrogen-bond donors (Lipinski definition) is 1. The summed E-state index contributed by atoms with van der Waals surface area (Å²) in [7, 11) is 0. The zero-order valence-electron chi connectivity index (χ0n) is 14.2. The van der Waals surface area contributed by atoms with Crippen molar-refractivity contribution in [2.45, 2.75) is 12.6 Å². The maximum Gasteiger partial charge on any atom is 0.435 e. The number of hydrogen-bond acceptors (Lipinski definition) is 3. The molecule has 2 aromatic carbocycles. The third-order valence-corrected chi connectivity index (χ3v) is 4.05. The summed E-state index contributed by atoms with van der Waals surface area (Å²) in [5.41, 5.74) is -1.44. The van der Waals surface area contributed by atoms with Gasteiger partial charge in [-0.3, -0.25) is 4.79 Å². The van der Waals surface area contributed by atoms with E-state index in [-0.39, 0.29) is 12.2 Å². The molecule has 0 aliphatic rings. The topological polar surface area (TPSA) is 59.8 Å². The minimum atomic E-state index is -4.89. The van der Waals surface area contributed by atoms with Crippen LogP contribution in [0.15, 0.2) is 48.5 Å². The number of carbonyl (C=O) groups is 1. The lowest BCUT2D eigenvalue weighted by Gasteiger charge is -2.11. The summed E-state index contributed by atoms with van der Waals surface area (Å²) in [6.07, 6.45) is -4.52. The molecular formula is C18H13ClF4N4O. The van der Waals surface area contributed by atoms with E-state index < -0.39 is 29.3 Å². The number of amides is 1. The van der Waals surface area contributed by atoms with E-state index in [4.69, 9.17) is 11.6 Å². The van der Waals surface area contributed by atoms with E-state index >= 15 is 0 Å². The molecule has 10 heteroatoms. The molecule has 0 unspecified atom stereocenters. The number of rotatable bonds is 5. The molecule has 1 amide bonds. The molecule has 0 aliphatic heterocycles. The summed E-state index contributed by atoms with van der Waals surface area (Å²) in [4.78, 5) is 12.3. The largest absolute Gasteiger partial charge is 0.435 e. The smallest absolute Gasteiger partial charge is 0.350 e. The number of halogens is 5. The van der Waals surface area contributed by atoms with Crippen molar-refractivity contribution >= 4 is 17.5 Å². The standard InChI is InChI=1S/C18H13ClF4N4O/c19-12-3-1-2-11(10-12)8-9-24-17(28)15-16(18(21,22)23)27(26-25-15)14-6-4-13(20)5-7-14/h1-7,10H,8-9H2,(H,24,28). The molecule has 1 heterocycles. The first-order valence-corrected chi connectivity index (χ1v) is 8.45. The second kappa shape index (κ2) is 7.97. The normalized spacial score (nSPS) is 11.5. The van der Waals surface area contributed by atoms with Crippen molar-refractivity contribution in [2.75, 3.05) is 6.54 Å². The van der Waals surface area contributed by atoms with E-state index in [2.05, 4.69) is 15.6 Å². The van der Waals surface area contributed by atoms with Gasteiger partial charge in [0, 0.05) is 11.6 Å². The van der Waals surface area contributed by atoms with Crippen molar-refractivity contribution in [3.63, 3.8) is 0 Å². The van der Waals surface area contributed by atoms with E-state index in [1.807, 2.05) is 0 Å². The van der Waals surface area contributed by atoms with Crippen molar-refractivity contribution in [1.29, 1.82) is 0 Å². The minimum absolute atomic E-state index is 0.0702. The molecule has 3 rings (SSSR count). The fraction of sp³-hybridized carbons (Fsp3) is 0.167. The van der Waals surface area contributed by atoms with Crippen LogP contribution < -0.4 is 5.32 Å². The highest BCUT2D eigenvalue weighted by molar-refractivity contribution is 6.30. The molecule has 1 N–H and O–H groups in total. The summed E-state index contributed by atoms with van der Waals surface area (Å²) in [5.74, 6) is -1.63. The van der Waals surface area contributed by atoms with Gasteiger partial charge in [0.05, 0.1) is 5.69 Å². The van der Waals surface area contributed by atoms with Crippen molar-refractivity contribution in [2.24, 2.45) is 0 Å². The molecule has 5 nitrogen and oxygen atoms in total. The number of nitrogens with one attached hydrogen (secondary N) is 1. The van der Waals surface area contributed by atoms with Crippen LogP contribution in [0.3, 0.4) is 0 Å². The molecule has 0 radical (unpaired) electrons. The van der Waals surface area contributed by atoms with Crippen LogP contribution in [0.2, 0.25) is 5.02 Å². The van der Waals surface area contributed by atoms with Crippen LogP contribution in [0.4, 0.5) is 17.6 Å². The first kappa shape index (κ1) is 19.8. The number of aromatic nitrogens is 3. The van der Waals surface area contributed by atoms with Gasteiger partial charge in [-0.2, -0.15) is 13.2 Å². The molecule has 0 bridgehead atoms. The molecule has 0 fully saturated rings. The van der Waals surface area contributed by atoms with Crippen LogP contribution in [0.25, 0.3) is 5.69 Å². The fourth-order valence-corrected chi connectivity index (χ4v) is 2.76. The molecule has 28 heavy (non-hydrogen) atoms. The molecule has 1 aromatic heterocycles. The number of benzene rings is 2. The summed E-state index contributed by atoms with van der Waals surface area (Å²) in [6, 6.07) is 11.1. The monoisotopic (exact) mass is 412 g/mol. The Hall–Kier alpha value is -2.94. The van der Waals surface area contributed by atoms with Gasteiger partial charge in [-0.1, -0.05) is 28.9 Å². The van der Waals surface area contributed by atoms with E-state index in [1.165, 1.54) is 0 Å². The molecular weight excluding hydrogens is 400 g/mol. The summed E-state index contributed by atoms with van der Waals surface area (Å²) >= 11 is 5.87. The third-order valence-electron chi connectivity index (χ3n) is 3.81. The summed E-state index contributed by atoms with van der Waals surface area (Å²) in [5, 5.41) is 9.73. The Kier molecular flexibility index (Phi) is 5.64. The molecule has 146 valence electrons. The number of alkyl halides is 3. The van der Waals surface area contributed by atoms with E-state index in [0.29, 0.717) is 16.1 Å². The molecule has 0 saturated carbocycles. The van der Waals surface area contributed by atoms with Crippen molar-refractivity contribution in [3.05, 3.63) is 76.3 Å². The fourth-order valence-electron chi connectivity index (χ4n) is 2.55. The molecule has 0 atom stereocenters. The Labute approximate surface area is 161 Å². The lowest BCUT2D eigenvalue weighted by Crippen LogP contribution is -2.29. The first-order chi connectivity index (χ1) is 13.3. The van der Waals surface area contributed by atoms with Crippen LogP contribution in [0.5, 0.6) is 0 Å². The highest BCUT2D eigenvalue weighted by Gasteiger charge is 2.41. The van der Waals surface area contributed by atoms with E-state index in [9.17, 15) is 22.4 Å². The average molecular weight is 413 g/mol. The highest BCUT2D eigenvalue weighted by atomic mass is 35.5. The predicted molar refractivity (Wildman–Crippen MR) is 93.8 cm³/mol. The Morgan fingerprint density at radius 2 is 1.86 bits per heavy atom. The Morgan fingerprint density at radius 1 is 1.14 bits per heavy atom. The van der Waals surface area contributed by atoms with Gasteiger partial charge < -0.3 is 5.32 Å². The summed E-state index contributed by atoms with van der Waals surface area (Å²) in [6.45, 7) is 0.0832. The Balaban J connectivity index is 1.81. The van der Waals surface area contributed by atoms with E-state index in [0.717, 1.165) is 29.8 Å². The highest BCUT2D eigenvalue weighted by Crippen LogP contribution is 2.32. The molecule has 0 spiro atoms. The van der Waals surface area contributed by atoms with Gasteiger partial charge in [0.1, 0.15) is 5.82 Å². The Morgan fingerprint density at radius 3 is 2.50 bits per heavy atom. The maximum atomic E-state index is 13.5. The molecule has 0 saturated heterocycles. The average Bonchev–Trinajstić information content (AvgIpc) is 3.08. The van der Waals surface area contributed by atoms with Gasteiger partial charge in [-0.15, -0.1) is 5.10 Å². The summed E-state index contributed by atoms with van der Waals surface area (Å²) < 4.78 is 54.1. The molecule has 0 aliphatic carbocycles. The number of carbonyl (C=O) groups excluding carboxylic acids is 1. The second-order valence-corrected chi connectivity index (χ2v) is 6.24. The first-order valence-electron chi connectivity index (χ1n) is 8.07. The van der Waals surface area contributed by atoms with Gasteiger partial charge in [0.2, 0.25) is 0 Å². The van der Waals surface area contributed by atoms with Gasteiger partial charge in [-0.05, 0) is 48.4 Å². The predicted octanol–water partition coefficient (Wildman–Crippen LogP) is 4.05. The Bertz CT molecular complexity index is 986. The molecule has 3 aromatic rings. The lowest BCUT2D eigenvalue weighted by molar-refractivity contribution is -0.143. The SMILES string of the molecule is O=C(NCCc1cccc(Cl)c1)c1nnn(-c2ccc(F)cc2)c1C(F)(F)F. The third kappa shape index (κ3) is 4.48. The van der Waals surface area contributed by atoms with Crippen LogP contribution >= 0.6 is 11.6 Å². The van der Waals surface area contributed by atoms with Gasteiger partial charge >= 0.3 is 6.18 Å². The van der Waals surface area contributed by atoms with Crippen LogP contribution in [-0.2, 0) is 12.6 Å². The lowest BCUT2D eigenvalue weighted by atomic mass is 10.1. The zero-order valence-corrected chi connectivity index (χ0v) is 14.9. The van der Waals surface area contributed by atoms with Crippen LogP contribution in [0.1, 0.15) is 21.7 Å². The van der Waals surface area contributed by atoms with Gasteiger partial charge in [0.15, 0.2) is 11.4 Å². The van der Waals surface area contributed by atoms with Crippen LogP contribution in [0, 0.1) is 5.82 Å².